The van der Waals surface area contributed by atoms with E-state index in [-0.39, 0.29) is 5.91 Å². The number of aryl methyl sites for hydroxylation is 1. The molecule has 1 aromatic rings. The van der Waals surface area contributed by atoms with E-state index in [1.807, 2.05) is 13.0 Å². The van der Waals surface area contributed by atoms with Crippen molar-refractivity contribution in [1.29, 1.82) is 0 Å². The zero-order valence-electron chi connectivity index (χ0n) is 8.67. The van der Waals surface area contributed by atoms with Gasteiger partial charge in [-0.25, -0.2) is 0 Å². The van der Waals surface area contributed by atoms with Crippen LogP contribution >= 0.6 is 11.5 Å². The lowest BCUT2D eigenvalue weighted by molar-refractivity contribution is 0.0949. The lowest BCUT2D eigenvalue weighted by Crippen LogP contribution is -2.24. The Morgan fingerprint density at radius 3 is 2.93 bits per heavy atom. The van der Waals surface area contributed by atoms with Crippen LogP contribution < -0.4 is 5.32 Å². The van der Waals surface area contributed by atoms with Crippen LogP contribution in [0.1, 0.15) is 41.6 Å². The van der Waals surface area contributed by atoms with E-state index < -0.39 is 0 Å². The number of carbonyl (C=O) groups excluding carboxylic acids is 1. The Morgan fingerprint density at radius 2 is 2.36 bits per heavy atom. The van der Waals surface area contributed by atoms with Crippen LogP contribution in [0.2, 0.25) is 0 Å². The van der Waals surface area contributed by atoms with Crippen LogP contribution in [-0.2, 0) is 0 Å². The molecule has 0 aliphatic rings. The molecule has 0 fully saturated rings. The molecule has 14 heavy (non-hydrogen) atoms. The summed E-state index contributed by atoms with van der Waals surface area (Å²) in [4.78, 5) is 12.5. The maximum atomic E-state index is 11.5. The monoisotopic (exact) mass is 212 g/mol. The van der Waals surface area contributed by atoms with E-state index in [1.54, 1.807) is 0 Å². The van der Waals surface area contributed by atoms with Crippen LogP contribution in [0.25, 0.3) is 0 Å². The highest BCUT2D eigenvalue weighted by atomic mass is 32.1. The minimum Gasteiger partial charge on any atom is -0.351 e. The maximum absolute atomic E-state index is 11.5. The van der Waals surface area contributed by atoms with Gasteiger partial charge in [0.05, 0.1) is 0 Å². The van der Waals surface area contributed by atoms with Crippen molar-refractivity contribution in [3.63, 3.8) is 0 Å². The Hall–Kier alpha value is -0.900. The predicted octanol–water partition coefficient (Wildman–Crippen LogP) is 2.37. The molecule has 0 saturated carbocycles. The zero-order chi connectivity index (χ0) is 10.4. The molecule has 3 nitrogen and oxygen atoms in total. The summed E-state index contributed by atoms with van der Waals surface area (Å²) in [6.07, 6.45) is 3.38. The second-order valence-corrected chi connectivity index (χ2v) is 4.29. The average Bonchev–Trinajstić information content (AvgIpc) is 2.59. The summed E-state index contributed by atoms with van der Waals surface area (Å²) >= 11 is 1.37. The second-order valence-electron chi connectivity index (χ2n) is 3.29. The highest BCUT2D eigenvalue weighted by molar-refractivity contribution is 7.05. The number of hydrogen-bond donors (Lipinski definition) is 1. The molecule has 0 aromatic carbocycles. The van der Waals surface area contributed by atoms with Crippen molar-refractivity contribution in [3.8, 4) is 0 Å². The first kappa shape index (κ1) is 11.2. The van der Waals surface area contributed by atoms with Crippen molar-refractivity contribution in [3.05, 3.63) is 16.6 Å². The summed E-state index contributed by atoms with van der Waals surface area (Å²) in [5, 5.41) is 2.85. The lowest BCUT2D eigenvalue weighted by atomic mass is 10.2. The van der Waals surface area contributed by atoms with Gasteiger partial charge in [0, 0.05) is 11.4 Å². The normalized spacial score (nSPS) is 10.1. The Balaban J connectivity index is 2.29. The predicted molar refractivity (Wildman–Crippen MR) is 58.7 cm³/mol. The molecule has 1 aromatic heterocycles. The fourth-order valence-electron chi connectivity index (χ4n) is 1.14. The highest BCUT2D eigenvalue weighted by Gasteiger charge is 2.07. The summed E-state index contributed by atoms with van der Waals surface area (Å²) in [6.45, 7) is 4.85. The molecule has 1 N–H and O–H groups in total. The zero-order valence-corrected chi connectivity index (χ0v) is 9.49. The second kappa shape index (κ2) is 5.75. The number of nitrogens with zero attached hydrogens (tertiary/aromatic N) is 1. The van der Waals surface area contributed by atoms with Crippen molar-refractivity contribution in [2.24, 2.45) is 0 Å². The van der Waals surface area contributed by atoms with Gasteiger partial charge in [0.15, 0.2) is 0 Å². The summed E-state index contributed by atoms with van der Waals surface area (Å²) in [5.41, 5.74) is 0.545. The Kier molecular flexibility index (Phi) is 4.59. The van der Waals surface area contributed by atoms with E-state index in [2.05, 4.69) is 16.6 Å². The van der Waals surface area contributed by atoms with E-state index in [9.17, 15) is 4.79 Å². The third kappa shape index (κ3) is 3.46. The molecule has 78 valence electrons. The summed E-state index contributed by atoms with van der Waals surface area (Å²) in [6, 6.07) is 1.82. The van der Waals surface area contributed by atoms with Crippen LogP contribution in [0, 0.1) is 6.92 Å². The molecule has 0 aliphatic heterocycles. The summed E-state index contributed by atoms with van der Waals surface area (Å²) in [5.74, 6) is -0.0505. The highest BCUT2D eigenvalue weighted by Crippen LogP contribution is 2.07. The van der Waals surface area contributed by atoms with Crippen LogP contribution in [0.4, 0.5) is 0 Å². The SMILES string of the molecule is CCCCCNC(=O)c1cc(C)sn1. The minimum absolute atomic E-state index is 0.0505. The number of carbonyl (C=O) groups is 1. The maximum Gasteiger partial charge on any atom is 0.270 e. The first-order chi connectivity index (χ1) is 6.74. The fraction of sp³-hybridized carbons (Fsp3) is 0.600. The van der Waals surface area contributed by atoms with E-state index >= 15 is 0 Å². The van der Waals surface area contributed by atoms with Crippen LogP contribution in [0.3, 0.4) is 0 Å². The molecule has 0 spiro atoms. The van der Waals surface area contributed by atoms with Crippen LogP contribution in [0.5, 0.6) is 0 Å². The van der Waals surface area contributed by atoms with E-state index in [0.29, 0.717) is 5.69 Å². The van der Waals surface area contributed by atoms with E-state index in [4.69, 9.17) is 0 Å². The molecule has 0 unspecified atom stereocenters. The summed E-state index contributed by atoms with van der Waals surface area (Å²) in [7, 11) is 0. The third-order valence-corrected chi connectivity index (χ3v) is 2.62. The van der Waals surface area contributed by atoms with Gasteiger partial charge in [0.25, 0.3) is 5.91 Å². The smallest absolute Gasteiger partial charge is 0.270 e. The number of rotatable bonds is 5. The van der Waals surface area contributed by atoms with E-state index in [1.165, 1.54) is 18.0 Å². The van der Waals surface area contributed by atoms with Gasteiger partial charge in [0.1, 0.15) is 5.69 Å². The van der Waals surface area contributed by atoms with Gasteiger partial charge < -0.3 is 5.32 Å². The van der Waals surface area contributed by atoms with E-state index in [0.717, 1.165) is 24.3 Å². The van der Waals surface area contributed by atoms with Crippen molar-refractivity contribution < 1.29 is 4.79 Å². The number of amides is 1. The fourth-order valence-corrected chi connectivity index (χ4v) is 1.68. The molecule has 0 atom stereocenters. The molecule has 0 aliphatic carbocycles. The third-order valence-electron chi connectivity index (χ3n) is 1.93. The topological polar surface area (TPSA) is 42.0 Å². The van der Waals surface area contributed by atoms with Crippen molar-refractivity contribution in [1.82, 2.24) is 9.69 Å². The Bertz CT molecular complexity index is 296. The minimum atomic E-state index is -0.0505. The number of nitrogens with one attached hydrogen (secondary N) is 1. The number of aromatic nitrogens is 1. The van der Waals surface area contributed by atoms with Gasteiger partial charge in [-0.3, -0.25) is 4.79 Å². The number of unbranched alkanes of at least 4 members (excludes halogenated alkanes) is 2. The molecule has 0 bridgehead atoms. The molecule has 0 radical (unpaired) electrons. The van der Waals surface area contributed by atoms with Crippen LogP contribution in [0.15, 0.2) is 6.07 Å². The molecular weight excluding hydrogens is 196 g/mol. The first-order valence-electron chi connectivity index (χ1n) is 4.95. The standard InChI is InChI=1S/C10H16N2OS/c1-3-4-5-6-11-10(13)9-7-8(2)14-12-9/h7H,3-6H2,1-2H3,(H,11,13). The molecule has 1 rings (SSSR count). The van der Waals surface area contributed by atoms with Gasteiger partial charge in [-0.05, 0) is 30.9 Å². The summed E-state index contributed by atoms with van der Waals surface area (Å²) < 4.78 is 4.04. The van der Waals surface area contributed by atoms with Crippen LogP contribution in [-0.4, -0.2) is 16.8 Å². The molecule has 1 heterocycles. The van der Waals surface area contributed by atoms with Gasteiger partial charge in [0.2, 0.25) is 0 Å². The van der Waals surface area contributed by atoms with Crippen molar-refractivity contribution >= 4 is 17.4 Å². The number of hydrogen-bond acceptors (Lipinski definition) is 3. The molecular formula is C10H16N2OS. The molecule has 4 heteroatoms. The average molecular weight is 212 g/mol. The quantitative estimate of drug-likeness (QED) is 0.761. The first-order valence-corrected chi connectivity index (χ1v) is 5.73. The van der Waals surface area contributed by atoms with Gasteiger partial charge in [-0.15, -0.1) is 0 Å². The van der Waals surface area contributed by atoms with Gasteiger partial charge in [-0.2, -0.15) is 4.37 Å². The Labute approximate surface area is 88.7 Å². The molecule has 1 amide bonds. The van der Waals surface area contributed by atoms with Crippen molar-refractivity contribution in [2.75, 3.05) is 6.54 Å². The Morgan fingerprint density at radius 1 is 1.57 bits per heavy atom. The van der Waals surface area contributed by atoms with Crippen molar-refractivity contribution in [2.45, 2.75) is 33.1 Å². The van der Waals surface area contributed by atoms with Gasteiger partial charge >= 0.3 is 0 Å². The molecule has 0 saturated heterocycles. The van der Waals surface area contributed by atoms with Gasteiger partial charge in [-0.1, -0.05) is 19.8 Å². The lowest BCUT2D eigenvalue weighted by Gasteiger charge is -2.01. The largest absolute Gasteiger partial charge is 0.351 e.